The fraction of sp³-hybridized carbons (Fsp3) is 0.929. The monoisotopic (exact) mass is 286 g/mol. The zero-order valence-electron chi connectivity index (χ0n) is 11.9. The van der Waals surface area contributed by atoms with Crippen LogP contribution in [0.5, 0.6) is 0 Å². The van der Waals surface area contributed by atoms with Crippen LogP contribution in [0.3, 0.4) is 0 Å². The van der Waals surface area contributed by atoms with E-state index in [2.05, 4.69) is 25.4 Å². The van der Waals surface area contributed by atoms with E-state index < -0.39 is 0 Å². The number of hydrogen-bond acceptors (Lipinski definition) is 3. The van der Waals surface area contributed by atoms with Crippen LogP contribution in [-0.4, -0.2) is 34.0 Å². The summed E-state index contributed by atoms with van der Waals surface area (Å²) in [6, 6.07) is 0. The maximum Gasteiger partial charge on any atom is 0.157 e. The summed E-state index contributed by atoms with van der Waals surface area (Å²) in [4.78, 5) is 4.90. The van der Waals surface area contributed by atoms with Crippen LogP contribution >= 0.6 is 23.5 Å². The van der Waals surface area contributed by atoms with Gasteiger partial charge in [-0.2, -0.15) is 11.8 Å². The van der Waals surface area contributed by atoms with Gasteiger partial charge in [-0.15, -0.1) is 0 Å². The van der Waals surface area contributed by atoms with Crippen molar-refractivity contribution in [3.8, 4) is 0 Å². The lowest BCUT2D eigenvalue weighted by atomic mass is 9.96. The summed E-state index contributed by atoms with van der Waals surface area (Å²) >= 11 is 3.93. The third kappa shape index (κ3) is 3.38. The molecular formula is C14H26N2S2. The molecule has 1 atom stereocenters. The number of nitrogens with zero attached hydrogens (tertiary/aromatic N) is 1. The smallest absolute Gasteiger partial charge is 0.157 e. The zero-order valence-corrected chi connectivity index (χ0v) is 13.6. The van der Waals surface area contributed by atoms with Gasteiger partial charge in [0, 0.05) is 16.0 Å². The van der Waals surface area contributed by atoms with E-state index in [9.17, 15) is 0 Å². The zero-order chi connectivity index (χ0) is 13.1. The average molecular weight is 287 g/mol. The second-order valence-electron chi connectivity index (χ2n) is 5.85. The molecule has 1 N–H and O–H groups in total. The summed E-state index contributed by atoms with van der Waals surface area (Å²) in [5.41, 5.74) is 0.270. The van der Waals surface area contributed by atoms with Crippen molar-refractivity contribution in [1.29, 1.82) is 0 Å². The Morgan fingerprint density at radius 1 is 1.33 bits per heavy atom. The highest BCUT2D eigenvalue weighted by atomic mass is 32.2. The van der Waals surface area contributed by atoms with Gasteiger partial charge in [0.05, 0.1) is 6.54 Å². The molecule has 0 aromatic carbocycles. The van der Waals surface area contributed by atoms with Gasteiger partial charge < -0.3 is 5.32 Å². The molecule has 1 unspecified atom stereocenters. The molecule has 2 rings (SSSR count). The molecule has 4 heteroatoms. The number of amidine groups is 1. The molecule has 0 radical (unpaired) electrons. The first-order valence-electron chi connectivity index (χ1n) is 7.12. The molecule has 1 aliphatic heterocycles. The standard InChI is InChI=1S/C14H26N2S2/c1-4-13(2)9-10-18-12(16-13)15-11-14(17-3)7-5-6-8-14/h4-11H2,1-3H3,(H,15,16). The van der Waals surface area contributed by atoms with Crippen LogP contribution in [0, 0.1) is 0 Å². The summed E-state index contributed by atoms with van der Waals surface area (Å²) in [5, 5.41) is 4.83. The minimum atomic E-state index is 0.270. The molecule has 1 heterocycles. The summed E-state index contributed by atoms with van der Waals surface area (Å²) in [5.74, 6) is 1.21. The summed E-state index contributed by atoms with van der Waals surface area (Å²) < 4.78 is 0.440. The van der Waals surface area contributed by atoms with Crippen LogP contribution in [0.1, 0.15) is 52.4 Å². The van der Waals surface area contributed by atoms with E-state index in [0.29, 0.717) is 4.75 Å². The van der Waals surface area contributed by atoms with E-state index in [-0.39, 0.29) is 5.54 Å². The van der Waals surface area contributed by atoms with E-state index in [0.717, 1.165) is 6.54 Å². The van der Waals surface area contributed by atoms with Gasteiger partial charge in [-0.1, -0.05) is 31.5 Å². The van der Waals surface area contributed by atoms with Crippen molar-refractivity contribution in [2.75, 3.05) is 18.6 Å². The normalized spacial score (nSPS) is 33.6. The lowest BCUT2D eigenvalue weighted by molar-refractivity contribution is 0.389. The molecule has 2 fully saturated rings. The first kappa shape index (κ1) is 14.6. The van der Waals surface area contributed by atoms with Gasteiger partial charge in [-0.3, -0.25) is 4.99 Å². The number of hydrogen-bond donors (Lipinski definition) is 1. The number of thioether (sulfide) groups is 2. The van der Waals surface area contributed by atoms with Crippen molar-refractivity contribution in [1.82, 2.24) is 5.32 Å². The number of nitrogens with one attached hydrogen (secondary N) is 1. The van der Waals surface area contributed by atoms with E-state index in [1.807, 2.05) is 23.5 Å². The van der Waals surface area contributed by atoms with E-state index >= 15 is 0 Å². The Balaban J connectivity index is 1.96. The molecule has 104 valence electrons. The molecule has 1 saturated heterocycles. The fourth-order valence-corrected chi connectivity index (χ4v) is 4.85. The molecule has 0 aromatic rings. The Bertz CT molecular complexity index is 311. The van der Waals surface area contributed by atoms with Crippen LogP contribution in [0.4, 0.5) is 0 Å². The van der Waals surface area contributed by atoms with Crippen LogP contribution < -0.4 is 5.32 Å². The van der Waals surface area contributed by atoms with Crippen molar-refractivity contribution in [2.24, 2.45) is 4.99 Å². The highest BCUT2D eigenvalue weighted by Crippen LogP contribution is 2.40. The lowest BCUT2D eigenvalue weighted by Crippen LogP contribution is -2.48. The molecular weight excluding hydrogens is 260 g/mol. The van der Waals surface area contributed by atoms with Crippen molar-refractivity contribution in [3.63, 3.8) is 0 Å². The maximum absolute atomic E-state index is 4.90. The molecule has 0 bridgehead atoms. The van der Waals surface area contributed by atoms with Crippen molar-refractivity contribution >= 4 is 28.7 Å². The fourth-order valence-electron chi connectivity index (χ4n) is 2.74. The van der Waals surface area contributed by atoms with Crippen molar-refractivity contribution in [3.05, 3.63) is 0 Å². The Hall–Kier alpha value is 0.170. The summed E-state index contributed by atoms with van der Waals surface area (Å²) in [6.07, 6.45) is 10.2. The summed E-state index contributed by atoms with van der Waals surface area (Å²) in [6.45, 7) is 5.59. The summed E-state index contributed by atoms with van der Waals surface area (Å²) in [7, 11) is 0. The van der Waals surface area contributed by atoms with Gasteiger partial charge in [0.1, 0.15) is 0 Å². The second-order valence-corrected chi connectivity index (χ2v) is 8.21. The molecule has 0 aromatic heterocycles. The Labute approximate surface area is 120 Å². The molecule has 0 spiro atoms. The highest BCUT2D eigenvalue weighted by Gasteiger charge is 2.33. The molecule has 2 aliphatic rings. The molecule has 1 aliphatic carbocycles. The van der Waals surface area contributed by atoms with Gasteiger partial charge in [0.2, 0.25) is 0 Å². The third-order valence-corrected chi connectivity index (χ3v) is 6.86. The molecule has 2 nitrogen and oxygen atoms in total. The van der Waals surface area contributed by atoms with Crippen LogP contribution in [0.15, 0.2) is 4.99 Å². The van der Waals surface area contributed by atoms with Gasteiger partial charge in [-0.05, 0) is 38.9 Å². The Kier molecular flexibility index (Phi) is 4.92. The first-order valence-corrected chi connectivity index (χ1v) is 9.33. The average Bonchev–Trinajstić information content (AvgIpc) is 2.86. The lowest BCUT2D eigenvalue weighted by Gasteiger charge is -2.35. The first-order chi connectivity index (χ1) is 8.61. The topological polar surface area (TPSA) is 24.4 Å². The third-order valence-electron chi connectivity index (χ3n) is 4.54. The molecule has 18 heavy (non-hydrogen) atoms. The Morgan fingerprint density at radius 2 is 2.06 bits per heavy atom. The minimum Gasteiger partial charge on any atom is -0.360 e. The molecule has 1 saturated carbocycles. The van der Waals surface area contributed by atoms with E-state index in [1.54, 1.807) is 0 Å². The Morgan fingerprint density at radius 3 is 2.67 bits per heavy atom. The van der Waals surface area contributed by atoms with Gasteiger partial charge in [0.25, 0.3) is 0 Å². The van der Waals surface area contributed by atoms with Crippen molar-refractivity contribution < 1.29 is 0 Å². The largest absolute Gasteiger partial charge is 0.360 e. The van der Waals surface area contributed by atoms with Gasteiger partial charge >= 0.3 is 0 Å². The van der Waals surface area contributed by atoms with Gasteiger partial charge in [0.15, 0.2) is 5.17 Å². The van der Waals surface area contributed by atoms with E-state index in [4.69, 9.17) is 4.99 Å². The number of aliphatic imine (C=N–C) groups is 1. The highest BCUT2D eigenvalue weighted by molar-refractivity contribution is 8.13. The minimum absolute atomic E-state index is 0.270. The van der Waals surface area contributed by atoms with Crippen LogP contribution in [-0.2, 0) is 0 Å². The van der Waals surface area contributed by atoms with Crippen LogP contribution in [0.25, 0.3) is 0 Å². The predicted octanol–water partition coefficient (Wildman–Crippen LogP) is 3.91. The van der Waals surface area contributed by atoms with E-state index in [1.165, 1.54) is 49.4 Å². The van der Waals surface area contributed by atoms with Crippen LogP contribution in [0.2, 0.25) is 0 Å². The second kappa shape index (κ2) is 6.08. The predicted molar refractivity (Wildman–Crippen MR) is 85.9 cm³/mol. The molecule has 0 amide bonds. The SMILES string of the molecule is CCC1(C)CCSC(=NCC2(SC)CCCC2)N1. The quantitative estimate of drug-likeness (QED) is 0.848. The van der Waals surface area contributed by atoms with Gasteiger partial charge in [-0.25, -0.2) is 0 Å². The number of rotatable bonds is 4. The maximum atomic E-state index is 4.90. The van der Waals surface area contributed by atoms with Crippen molar-refractivity contribution in [2.45, 2.75) is 62.7 Å².